The predicted octanol–water partition coefficient (Wildman–Crippen LogP) is 4.20. The lowest BCUT2D eigenvalue weighted by atomic mass is 10.2. The first-order valence-corrected chi connectivity index (χ1v) is 6.99. The second kappa shape index (κ2) is 4.59. The maximum absolute atomic E-state index is 9.81. The zero-order chi connectivity index (χ0) is 13.4. The summed E-state index contributed by atoms with van der Waals surface area (Å²) in [6, 6.07) is 8.04. The molecule has 4 nitrogen and oxygen atoms in total. The normalized spacial score (nSPS) is 11.3. The first kappa shape index (κ1) is 12.0. The lowest BCUT2D eigenvalue weighted by Crippen LogP contribution is -1.89. The summed E-state index contributed by atoms with van der Waals surface area (Å²) < 4.78 is 0. The Balaban J connectivity index is 1.97. The number of anilines is 2. The van der Waals surface area contributed by atoms with Crippen molar-refractivity contribution in [1.82, 2.24) is 9.97 Å². The molecule has 0 aliphatic heterocycles. The molecule has 0 saturated heterocycles. The number of aromatic hydroxyl groups is 1. The summed E-state index contributed by atoms with van der Waals surface area (Å²) >= 11 is 1.49. The molecular formula is C14H15N3OS. The molecule has 5 heteroatoms. The highest BCUT2D eigenvalue weighted by atomic mass is 32.1. The smallest absolute Gasteiger partial charge is 0.227 e. The van der Waals surface area contributed by atoms with Gasteiger partial charge in [-0.3, -0.25) is 0 Å². The molecule has 3 rings (SSSR count). The van der Waals surface area contributed by atoms with Crippen molar-refractivity contribution in [2.75, 3.05) is 5.32 Å². The lowest BCUT2D eigenvalue weighted by molar-refractivity contribution is 0.449. The number of nitrogens with one attached hydrogen (secondary N) is 2. The zero-order valence-electron chi connectivity index (χ0n) is 10.8. The Hall–Kier alpha value is -2.01. The fraction of sp³-hybridized carbons (Fsp3) is 0.214. The summed E-state index contributed by atoms with van der Waals surface area (Å²) in [7, 11) is 0. The second-order valence-corrected chi connectivity index (χ2v) is 5.76. The molecule has 0 aliphatic rings. The van der Waals surface area contributed by atoms with Gasteiger partial charge in [-0.2, -0.15) is 4.98 Å². The van der Waals surface area contributed by atoms with E-state index < -0.39 is 0 Å². The van der Waals surface area contributed by atoms with Gasteiger partial charge >= 0.3 is 0 Å². The monoisotopic (exact) mass is 273 g/mol. The third-order valence-corrected chi connectivity index (χ3v) is 4.26. The van der Waals surface area contributed by atoms with Crippen LogP contribution in [0.2, 0.25) is 0 Å². The molecule has 0 aliphatic carbocycles. The van der Waals surface area contributed by atoms with E-state index in [0.717, 1.165) is 26.6 Å². The average Bonchev–Trinajstić information content (AvgIpc) is 2.96. The first-order valence-electron chi connectivity index (χ1n) is 6.18. The molecule has 1 aromatic carbocycles. The molecule has 0 spiro atoms. The van der Waals surface area contributed by atoms with Crippen LogP contribution in [0, 0.1) is 0 Å². The van der Waals surface area contributed by atoms with Crippen LogP contribution in [0.1, 0.15) is 24.6 Å². The molecule has 2 aromatic heterocycles. The topological polar surface area (TPSA) is 60.9 Å². The highest BCUT2D eigenvalue weighted by Crippen LogP contribution is 2.36. The van der Waals surface area contributed by atoms with E-state index in [1.807, 2.05) is 44.3 Å². The molecule has 98 valence electrons. The molecule has 0 amide bonds. The summed E-state index contributed by atoms with van der Waals surface area (Å²) in [5.41, 5.74) is 2.07. The molecule has 0 saturated carbocycles. The van der Waals surface area contributed by atoms with Crippen molar-refractivity contribution in [3.63, 3.8) is 0 Å². The Labute approximate surface area is 115 Å². The van der Waals surface area contributed by atoms with Crippen molar-refractivity contribution in [1.29, 1.82) is 0 Å². The largest absolute Gasteiger partial charge is 0.492 e. The van der Waals surface area contributed by atoms with E-state index >= 15 is 0 Å². The van der Waals surface area contributed by atoms with Gasteiger partial charge in [0, 0.05) is 22.8 Å². The number of aromatic amines is 1. The maximum atomic E-state index is 9.81. The second-order valence-electron chi connectivity index (χ2n) is 4.73. The van der Waals surface area contributed by atoms with Crippen molar-refractivity contribution in [3.05, 3.63) is 35.3 Å². The van der Waals surface area contributed by atoms with Crippen molar-refractivity contribution < 1.29 is 5.11 Å². The van der Waals surface area contributed by atoms with Crippen molar-refractivity contribution in [3.8, 4) is 5.88 Å². The first-order chi connectivity index (χ1) is 9.15. The molecule has 0 atom stereocenters. The maximum Gasteiger partial charge on any atom is 0.227 e. The Morgan fingerprint density at radius 1 is 1.32 bits per heavy atom. The number of rotatable bonds is 3. The number of hydrogen-bond acceptors (Lipinski definition) is 4. The Morgan fingerprint density at radius 2 is 2.16 bits per heavy atom. The van der Waals surface area contributed by atoms with Gasteiger partial charge < -0.3 is 15.4 Å². The van der Waals surface area contributed by atoms with Crippen LogP contribution in [0.3, 0.4) is 0 Å². The van der Waals surface area contributed by atoms with Gasteiger partial charge in [0.05, 0.1) is 4.88 Å². The summed E-state index contributed by atoms with van der Waals surface area (Å²) in [6.07, 6.45) is 1.91. The average molecular weight is 273 g/mol. The van der Waals surface area contributed by atoms with Gasteiger partial charge in [0.25, 0.3) is 0 Å². The van der Waals surface area contributed by atoms with Crippen LogP contribution in [0.25, 0.3) is 10.9 Å². The molecule has 0 bridgehead atoms. The van der Waals surface area contributed by atoms with Gasteiger partial charge in [-0.15, -0.1) is 0 Å². The highest BCUT2D eigenvalue weighted by Gasteiger charge is 2.14. The zero-order valence-corrected chi connectivity index (χ0v) is 11.6. The van der Waals surface area contributed by atoms with E-state index in [4.69, 9.17) is 0 Å². The minimum absolute atomic E-state index is 0.128. The summed E-state index contributed by atoms with van der Waals surface area (Å²) in [5.74, 6) is 0.403. The van der Waals surface area contributed by atoms with E-state index in [0.29, 0.717) is 0 Å². The Bertz CT molecular complexity index is 714. The van der Waals surface area contributed by atoms with E-state index in [-0.39, 0.29) is 11.8 Å². The number of benzene rings is 1. The summed E-state index contributed by atoms with van der Waals surface area (Å²) in [4.78, 5) is 8.25. The third kappa shape index (κ3) is 2.17. The van der Waals surface area contributed by atoms with Crippen molar-refractivity contribution in [2.24, 2.45) is 0 Å². The SMILES string of the molecule is CC(C)c1sc(Nc2cccc3[nH]ccc23)nc1O. The van der Waals surface area contributed by atoms with Gasteiger partial charge in [-0.05, 0) is 24.1 Å². The molecule has 0 fully saturated rings. The minimum Gasteiger partial charge on any atom is -0.492 e. The van der Waals surface area contributed by atoms with Crippen LogP contribution in [-0.2, 0) is 0 Å². The molecule has 19 heavy (non-hydrogen) atoms. The number of thiazole rings is 1. The number of hydrogen-bond donors (Lipinski definition) is 3. The minimum atomic E-state index is 0.128. The number of aromatic nitrogens is 2. The molecule has 0 unspecified atom stereocenters. The van der Waals surface area contributed by atoms with E-state index in [1.54, 1.807) is 0 Å². The molecule has 3 aromatic rings. The van der Waals surface area contributed by atoms with Gasteiger partial charge in [0.15, 0.2) is 5.13 Å². The van der Waals surface area contributed by atoms with Crippen LogP contribution in [0.15, 0.2) is 30.5 Å². The quantitative estimate of drug-likeness (QED) is 0.670. The van der Waals surface area contributed by atoms with Crippen LogP contribution < -0.4 is 5.32 Å². The number of fused-ring (bicyclic) bond motifs is 1. The van der Waals surface area contributed by atoms with Gasteiger partial charge in [-0.1, -0.05) is 31.3 Å². The van der Waals surface area contributed by atoms with Crippen molar-refractivity contribution >= 4 is 33.1 Å². The molecular weight excluding hydrogens is 258 g/mol. The fourth-order valence-electron chi connectivity index (χ4n) is 2.06. The van der Waals surface area contributed by atoms with Gasteiger partial charge in [-0.25, -0.2) is 0 Å². The van der Waals surface area contributed by atoms with Crippen LogP contribution in [0.5, 0.6) is 5.88 Å². The van der Waals surface area contributed by atoms with Crippen LogP contribution >= 0.6 is 11.3 Å². The summed E-state index contributed by atoms with van der Waals surface area (Å²) in [5, 5.41) is 14.9. The summed E-state index contributed by atoms with van der Waals surface area (Å²) in [6.45, 7) is 4.09. The standard InChI is InChI=1S/C14H15N3OS/c1-8(2)12-13(18)17-14(19-12)16-11-5-3-4-10-9(11)6-7-15-10/h3-8,15,18H,1-2H3,(H,16,17). The molecule has 2 heterocycles. The van der Waals surface area contributed by atoms with Crippen LogP contribution in [-0.4, -0.2) is 15.1 Å². The van der Waals surface area contributed by atoms with E-state index in [2.05, 4.69) is 15.3 Å². The van der Waals surface area contributed by atoms with Crippen LogP contribution in [0.4, 0.5) is 10.8 Å². The number of nitrogens with zero attached hydrogens (tertiary/aromatic N) is 1. The predicted molar refractivity (Wildman–Crippen MR) is 79.4 cm³/mol. The van der Waals surface area contributed by atoms with Crippen molar-refractivity contribution in [2.45, 2.75) is 19.8 Å². The number of H-pyrrole nitrogens is 1. The lowest BCUT2D eigenvalue weighted by Gasteiger charge is -2.03. The Morgan fingerprint density at radius 3 is 2.89 bits per heavy atom. The van der Waals surface area contributed by atoms with E-state index in [1.165, 1.54) is 11.3 Å². The Kier molecular flexibility index (Phi) is 2.91. The van der Waals surface area contributed by atoms with Gasteiger partial charge in [0.1, 0.15) is 0 Å². The molecule has 0 radical (unpaired) electrons. The molecule has 3 N–H and O–H groups in total. The highest BCUT2D eigenvalue weighted by molar-refractivity contribution is 7.16. The van der Waals surface area contributed by atoms with Gasteiger partial charge in [0.2, 0.25) is 5.88 Å². The third-order valence-electron chi connectivity index (χ3n) is 3.00. The fourth-order valence-corrected chi connectivity index (χ4v) is 2.94. The van der Waals surface area contributed by atoms with E-state index in [9.17, 15) is 5.11 Å².